The standard InChI is InChI=1S/C6H9I/c1-5-3-2-4-6(5)7/h4-5H,2-3H2,1H3. The Morgan fingerprint density at radius 2 is 2.57 bits per heavy atom. The molecule has 7 heavy (non-hydrogen) atoms. The van der Waals surface area contributed by atoms with Gasteiger partial charge in [0.2, 0.25) is 0 Å². The fourth-order valence-corrected chi connectivity index (χ4v) is 1.43. The lowest BCUT2D eigenvalue weighted by Crippen LogP contribution is -1.82. The molecule has 0 radical (unpaired) electrons. The number of allylic oxidation sites excluding steroid dienone is 2. The minimum Gasteiger partial charge on any atom is -0.0749 e. The molecule has 1 heteroatoms. The summed E-state index contributed by atoms with van der Waals surface area (Å²) in [5, 5.41) is 0. The average molecular weight is 208 g/mol. The maximum absolute atomic E-state index is 2.42. The predicted octanol–water partition coefficient (Wildman–Crippen LogP) is 2.74. The van der Waals surface area contributed by atoms with E-state index in [0.29, 0.717) is 0 Å². The van der Waals surface area contributed by atoms with Crippen LogP contribution in [0.1, 0.15) is 19.8 Å². The summed E-state index contributed by atoms with van der Waals surface area (Å²) >= 11 is 2.42. The molecule has 1 atom stereocenters. The van der Waals surface area contributed by atoms with Crippen LogP contribution in [0.15, 0.2) is 9.66 Å². The van der Waals surface area contributed by atoms with E-state index >= 15 is 0 Å². The summed E-state index contributed by atoms with van der Waals surface area (Å²) in [4.78, 5) is 0. The summed E-state index contributed by atoms with van der Waals surface area (Å²) in [5.74, 6) is 0.862. The molecule has 0 aliphatic heterocycles. The third kappa shape index (κ3) is 1.18. The number of hydrogen-bond acceptors (Lipinski definition) is 0. The maximum atomic E-state index is 2.42. The minimum absolute atomic E-state index is 0.862. The fraction of sp³-hybridized carbons (Fsp3) is 0.667. The van der Waals surface area contributed by atoms with Crippen molar-refractivity contribution < 1.29 is 0 Å². The Bertz CT molecular complexity index is 94.4. The van der Waals surface area contributed by atoms with Gasteiger partial charge in [-0.15, -0.1) is 0 Å². The first kappa shape index (κ1) is 5.60. The molecule has 1 aliphatic rings. The van der Waals surface area contributed by atoms with E-state index in [1.165, 1.54) is 12.8 Å². The number of rotatable bonds is 0. The largest absolute Gasteiger partial charge is 0.0749 e. The van der Waals surface area contributed by atoms with Gasteiger partial charge in [0.15, 0.2) is 0 Å². The molecule has 0 aromatic heterocycles. The fourth-order valence-electron chi connectivity index (χ4n) is 0.810. The molecule has 40 valence electrons. The summed E-state index contributed by atoms with van der Waals surface area (Å²) in [6, 6.07) is 0. The highest BCUT2D eigenvalue weighted by molar-refractivity contribution is 14.1. The van der Waals surface area contributed by atoms with Crippen LogP contribution < -0.4 is 0 Å². The number of halogens is 1. The second-order valence-electron chi connectivity index (χ2n) is 2.07. The lowest BCUT2D eigenvalue weighted by Gasteiger charge is -1.96. The van der Waals surface area contributed by atoms with Crippen LogP contribution in [0.3, 0.4) is 0 Å². The molecule has 0 saturated heterocycles. The molecule has 0 aromatic carbocycles. The molecule has 1 unspecified atom stereocenters. The minimum atomic E-state index is 0.862. The molecule has 0 spiro atoms. The molecule has 0 saturated carbocycles. The van der Waals surface area contributed by atoms with Gasteiger partial charge in [0.1, 0.15) is 0 Å². The van der Waals surface area contributed by atoms with E-state index in [1.54, 1.807) is 3.58 Å². The van der Waals surface area contributed by atoms with Gasteiger partial charge in [0.05, 0.1) is 0 Å². The highest BCUT2D eigenvalue weighted by atomic mass is 127. The Kier molecular flexibility index (Phi) is 1.73. The van der Waals surface area contributed by atoms with Crippen molar-refractivity contribution in [1.29, 1.82) is 0 Å². The van der Waals surface area contributed by atoms with E-state index in [9.17, 15) is 0 Å². The molecule has 1 rings (SSSR count). The molecule has 0 N–H and O–H groups in total. The van der Waals surface area contributed by atoms with E-state index in [1.807, 2.05) is 0 Å². The van der Waals surface area contributed by atoms with Gasteiger partial charge in [-0.3, -0.25) is 0 Å². The van der Waals surface area contributed by atoms with Gasteiger partial charge in [-0.25, -0.2) is 0 Å². The summed E-state index contributed by atoms with van der Waals surface area (Å²) in [6.45, 7) is 2.28. The van der Waals surface area contributed by atoms with Gasteiger partial charge < -0.3 is 0 Å². The molecular formula is C6H9I. The van der Waals surface area contributed by atoms with Crippen LogP contribution in [0.2, 0.25) is 0 Å². The molecule has 0 bridgehead atoms. The lowest BCUT2D eigenvalue weighted by molar-refractivity contribution is 0.698. The van der Waals surface area contributed by atoms with Crippen molar-refractivity contribution in [1.82, 2.24) is 0 Å². The summed E-state index contributed by atoms with van der Waals surface area (Å²) in [5.41, 5.74) is 0. The zero-order valence-electron chi connectivity index (χ0n) is 4.45. The summed E-state index contributed by atoms with van der Waals surface area (Å²) in [7, 11) is 0. The highest BCUT2D eigenvalue weighted by Crippen LogP contribution is 2.29. The van der Waals surface area contributed by atoms with Gasteiger partial charge in [-0.05, 0) is 44.9 Å². The quantitative estimate of drug-likeness (QED) is 0.537. The first-order chi connectivity index (χ1) is 3.30. The monoisotopic (exact) mass is 208 g/mol. The van der Waals surface area contributed by atoms with Crippen LogP contribution >= 0.6 is 22.6 Å². The van der Waals surface area contributed by atoms with Gasteiger partial charge >= 0.3 is 0 Å². The van der Waals surface area contributed by atoms with Crippen LogP contribution in [0.4, 0.5) is 0 Å². The van der Waals surface area contributed by atoms with Crippen molar-refractivity contribution in [3.8, 4) is 0 Å². The van der Waals surface area contributed by atoms with Crippen LogP contribution in [-0.2, 0) is 0 Å². The maximum Gasteiger partial charge on any atom is -0.0106 e. The van der Waals surface area contributed by atoms with Gasteiger partial charge in [0, 0.05) is 0 Å². The van der Waals surface area contributed by atoms with Crippen molar-refractivity contribution in [3.05, 3.63) is 9.66 Å². The van der Waals surface area contributed by atoms with Gasteiger partial charge in [-0.2, -0.15) is 0 Å². The predicted molar refractivity (Wildman–Crippen MR) is 40.5 cm³/mol. The topological polar surface area (TPSA) is 0 Å². The molecule has 0 fully saturated rings. The molecule has 1 aliphatic carbocycles. The average Bonchev–Trinajstić information content (AvgIpc) is 1.91. The molecule has 0 nitrogen and oxygen atoms in total. The van der Waals surface area contributed by atoms with Crippen LogP contribution in [0.25, 0.3) is 0 Å². The Labute approximate surface area is 58.1 Å². The van der Waals surface area contributed by atoms with Crippen molar-refractivity contribution in [3.63, 3.8) is 0 Å². The molecule has 0 heterocycles. The van der Waals surface area contributed by atoms with Crippen molar-refractivity contribution in [2.24, 2.45) is 5.92 Å². The molecular weight excluding hydrogens is 199 g/mol. The van der Waals surface area contributed by atoms with Gasteiger partial charge in [-0.1, -0.05) is 13.0 Å². The van der Waals surface area contributed by atoms with Crippen LogP contribution in [-0.4, -0.2) is 0 Å². The van der Waals surface area contributed by atoms with Gasteiger partial charge in [0.25, 0.3) is 0 Å². The first-order valence-electron chi connectivity index (χ1n) is 2.66. The zero-order valence-corrected chi connectivity index (χ0v) is 6.60. The first-order valence-corrected chi connectivity index (χ1v) is 3.74. The Morgan fingerprint density at radius 3 is 2.71 bits per heavy atom. The van der Waals surface area contributed by atoms with Crippen molar-refractivity contribution in [2.75, 3.05) is 0 Å². The normalized spacial score (nSPS) is 30.6. The molecule has 0 aromatic rings. The SMILES string of the molecule is CC1CCC=C1I. The lowest BCUT2D eigenvalue weighted by atomic mass is 10.2. The Morgan fingerprint density at radius 1 is 1.86 bits per heavy atom. The Hall–Kier alpha value is 0.470. The summed E-state index contributed by atoms with van der Waals surface area (Å²) < 4.78 is 1.55. The van der Waals surface area contributed by atoms with E-state index in [4.69, 9.17) is 0 Å². The highest BCUT2D eigenvalue weighted by Gasteiger charge is 2.09. The zero-order chi connectivity index (χ0) is 5.28. The third-order valence-corrected chi connectivity index (χ3v) is 2.91. The summed E-state index contributed by atoms with van der Waals surface area (Å²) in [6.07, 6.45) is 5.00. The second kappa shape index (κ2) is 2.16. The van der Waals surface area contributed by atoms with E-state index in [2.05, 4.69) is 35.6 Å². The second-order valence-corrected chi connectivity index (χ2v) is 3.31. The van der Waals surface area contributed by atoms with E-state index in [-0.39, 0.29) is 0 Å². The van der Waals surface area contributed by atoms with Crippen molar-refractivity contribution >= 4 is 22.6 Å². The number of hydrogen-bond donors (Lipinski definition) is 0. The molecule has 0 amide bonds. The van der Waals surface area contributed by atoms with Crippen LogP contribution in [0, 0.1) is 5.92 Å². The van der Waals surface area contributed by atoms with E-state index < -0.39 is 0 Å². The van der Waals surface area contributed by atoms with Crippen molar-refractivity contribution in [2.45, 2.75) is 19.8 Å². The van der Waals surface area contributed by atoms with E-state index in [0.717, 1.165) is 5.92 Å². The smallest absolute Gasteiger partial charge is 0.0106 e. The third-order valence-electron chi connectivity index (χ3n) is 1.41. The Balaban J connectivity index is 2.54. The van der Waals surface area contributed by atoms with Crippen LogP contribution in [0.5, 0.6) is 0 Å².